The van der Waals surface area contributed by atoms with E-state index in [-0.39, 0.29) is 0 Å². The van der Waals surface area contributed by atoms with Crippen molar-refractivity contribution in [3.05, 3.63) is 33.8 Å². The summed E-state index contributed by atoms with van der Waals surface area (Å²) in [6.07, 6.45) is 0.471. The molecule has 3 nitrogen and oxygen atoms in total. The smallest absolute Gasteiger partial charge is 0.100 e. The molecule has 5 heteroatoms. The zero-order chi connectivity index (χ0) is 12.3. The topological polar surface area (TPSA) is 36.3 Å². The minimum absolute atomic E-state index is 0.471. The molecule has 1 N–H and O–H groups in total. The van der Waals surface area contributed by atoms with E-state index in [0.717, 1.165) is 18.7 Å². The summed E-state index contributed by atoms with van der Waals surface area (Å²) in [5.41, 5.74) is 0.826. The number of benzene rings is 1. The van der Waals surface area contributed by atoms with Crippen LogP contribution >= 0.6 is 23.2 Å². The van der Waals surface area contributed by atoms with Gasteiger partial charge in [-0.25, -0.2) is 0 Å². The van der Waals surface area contributed by atoms with E-state index in [9.17, 15) is 0 Å². The number of nitrogens with one attached hydrogen (secondary N) is 1. The fourth-order valence-electron chi connectivity index (χ4n) is 1.81. The number of hydrogen-bond donors (Lipinski definition) is 1. The van der Waals surface area contributed by atoms with Crippen molar-refractivity contribution >= 4 is 29.0 Å². The maximum atomic E-state index is 8.07. The van der Waals surface area contributed by atoms with Crippen molar-refractivity contribution < 1.29 is 4.74 Å². The largest absolute Gasteiger partial charge is 0.378 e. The van der Waals surface area contributed by atoms with Crippen LogP contribution in [0.25, 0.3) is 0 Å². The molecule has 0 bridgehead atoms. The van der Waals surface area contributed by atoms with Gasteiger partial charge in [-0.15, -0.1) is 0 Å². The van der Waals surface area contributed by atoms with Crippen LogP contribution < -0.4 is 0 Å². The molecule has 0 spiro atoms. The van der Waals surface area contributed by atoms with E-state index in [1.807, 2.05) is 11.0 Å². The standard InChI is InChI=1S/C12H14Cl2N2O/c13-10-2-1-3-11(14)9(10)8-12(15)16-4-6-17-7-5-16/h1-3,15H,4-8H2. The van der Waals surface area contributed by atoms with Gasteiger partial charge in [0.05, 0.1) is 13.2 Å². The van der Waals surface area contributed by atoms with Gasteiger partial charge in [-0.1, -0.05) is 29.3 Å². The Morgan fingerprint density at radius 2 is 1.82 bits per heavy atom. The molecule has 0 aromatic heterocycles. The third-order valence-corrected chi connectivity index (χ3v) is 3.51. The molecule has 1 fully saturated rings. The van der Waals surface area contributed by atoms with Crippen LogP contribution in [0.1, 0.15) is 5.56 Å². The molecular formula is C12H14Cl2N2O. The molecule has 2 rings (SSSR count). The molecule has 1 aliphatic rings. The fourth-order valence-corrected chi connectivity index (χ4v) is 2.34. The summed E-state index contributed by atoms with van der Waals surface area (Å²) >= 11 is 12.2. The number of rotatable bonds is 2. The second-order valence-corrected chi connectivity index (χ2v) is 4.74. The summed E-state index contributed by atoms with van der Waals surface area (Å²) in [6, 6.07) is 5.41. The SMILES string of the molecule is N=C(Cc1c(Cl)cccc1Cl)N1CCOCC1. The number of amidine groups is 1. The highest BCUT2D eigenvalue weighted by Crippen LogP contribution is 2.25. The van der Waals surface area contributed by atoms with E-state index in [1.54, 1.807) is 12.1 Å². The molecule has 0 unspecified atom stereocenters. The summed E-state index contributed by atoms with van der Waals surface area (Å²) in [4.78, 5) is 2.00. The average molecular weight is 273 g/mol. The molecule has 1 heterocycles. The zero-order valence-electron chi connectivity index (χ0n) is 9.38. The van der Waals surface area contributed by atoms with Gasteiger partial charge in [0.2, 0.25) is 0 Å². The Balaban J connectivity index is 2.07. The molecule has 0 aliphatic carbocycles. The first-order chi connectivity index (χ1) is 8.18. The van der Waals surface area contributed by atoms with E-state index < -0.39 is 0 Å². The minimum atomic E-state index is 0.471. The first-order valence-electron chi connectivity index (χ1n) is 5.51. The first kappa shape index (κ1) is 12.7. The Labute approximate surface area is 111 Å². The summed E-state index contributed by atoms with van der Waals surface area (Å²) in [6.45, 7) is 2.89. The maximum Gasteiger partial charge on any atom is 0.100 e. The lowest BCUT2D eigenvalue weighted by molar-refractivity contribution is 0.0670. The van der Waals surface area contributed by atoms with Crippen LogP contribution in [0.15, 0.2) is 18.2 Å². The van der Waals surface area contributed by atoms with Gasteiger partial charge < -0.3 is 9.64 Å². The monoisotopic (exact) mass is 272 g/mol. The Kier molecular flexibility index (Phi) is 4.26. The van der Waals surface area contributed by atoms with Crippen LogP contribution in [0.4, 0.5) is 0 Å². The summed E-state index contributed by atoms with van der Waals surface area (Å²) in [5, 5.41) is 9.31. The van der Waals surface area contributed by atoms with Crippen LogP contribution in [0, 0.1) is 5.41 Å². The highest BCUT2D eigenvalue weighted by Gasteiger charge is 2.16. The van der Waals surface area contributed by atoms with Crippen molar-refractivity contribution in [1.82, 2.24) is 4.90 Å². The quantitative estimate of drug-likeness (QED) is 0.664. The van der Waals surface area contributed by atoms with Gasteiger partial charge in [-0.05, 0) is 17.7 Å². The maximum absolute atomic E-state index is 8.07. The van der Waals surface area contributed by atoms with Crippen molar-refractivity contribution in [1.29, 1.82) is 5.41 Å². The van der Waals surface area contributed by atoms with Crippen molar-refractivity contribution in [3.63, 3.8) is 0 Å². The molecular weight excluding hydrogens is 259 g/mol. The molecule has 0 amide bonds. The van der Waals surface area contributed by atoms with Crippen molar-refractivity contribution in [2.75, 3.05) is 26.3 Å². The molecule has 0 saturated carbocycles. The van der Waals surface area contributed by atoms with E-state index in [2.05, 4.69) is 0 Å². The highest BCUT2D eigenvalue weighted by molar-refractivity contribution is 6.36. The van der Waals surface area contributed by atoms with Gasteiger partial charge in [0.25, 0.3) is 0 Å². The van der Waals surface area contributed by atoms with Crippen molar-refractivity contribution in [3.8, 4) is 0 Å². The Morgan fingerprint density at radius 3 is 2.41 bits per heavy atom. The molecule has 1 aliphatic heterocycles. The Bertz CT molecular complexity index is 397. The predicted octanol–water partition coefficient (Wildman–Crippen LogP) is 2.85. The lowest BCUT2D eigenvalue weighted by Crippen LogP contribution is -2.41. The van der Waals surface area contributed by atoms with Gasteiger partial charge in [-0.2, -0.15) is 0 Å². The highest BCUT2D eigenvalue weighted by atomic mass is 35.5. The van der Waals surface area contributed by atoms with Gasteiger partial charge in [0.15, 0.2) is 0 Å². The van der Waals surface area contributed by atoms with E-state index in [0.29, 0.717) is 35.5 Å². The van der Waals surface area contributed by atoms with Gasteiger partial charge in [0, 0.05) is 29.6 Å². The van der Waals surface area contributed by atoms with E-state index in [1.165, 1.54) is 0 Å². The minimum Gasteiger partial charge on any atom is -0.378 e. The average Bonchev–Trinajstić information content (AvgIpc) is 2.35. The number of morpholine rings is 1. The van der Waals surface area contributed by atoms with E-state index >= 15 is 0 Å². The third-order valence-electron chi connectivity index (χ3n) is 2.80. The second-order valence-electron chi connectivity index (χ2n) is 3.92. The molecule has 0 atom stereocenters. The molecule has 1 aromatic rings. The fraction of sp³-hybridized carbons (Fsp3) is 0.417. The summed E-state index contributed by atoms with van der Waals surface area (Å²) in [7, 11) is 0. The predicted molar refractivity (Wildman–Crippen MR) is 70.3 cm³/mol. The Morgan fingerprint density at radius 1 is 1.24 bits per heavy atom. The number of nitrogens with zero attached hydrogens (tertiary/aromatic N) is 1. The summed E-state index contributed by atoms with van der Waals surface area (Å²) in [5.74, 6) is 0.545. The number of hydrogen-bond acceptors (Lipinski definition) is 2. The number of halogens is 2. The second kappa shape index (κ2) is 5.71. The molecule has 1 saturated heterocycles. The van der Waals surface area contributed by atoms with Crippen LogP contribution in [0.3, 0.4) is 0 Å². The first-order valence-corrected chi connectivity index (χ1v) is 6.27. The normalized spacial score (nSPS) is 16.0. The van der Waals surface area contributed by atoms with Crippen LogP contribution in [0.5, 0.6) is 0 Å². The van der Waals surface area contributed by atoms with Gasteiger partial charge >= 0.3 is 0 Å². The van der Waals surface area contributed by atoms with E-state index in [4.69, 9.17) is 33.3 Å². The van der Waals surface area contributed by atoms with Crippen molar-refractivity contribution in [2.45, 2.75) is 6.42 Å². The molecule has 0 radical (unpaired) electrons. The third kappa shape index (κ3) is 3.12. The molecule has 1 aromatic carbocycles. The lowest BCUT2D eigenvalue weighted by Gasteiger charge is -2.29. The van der Waals surface area contributed by atoms with Crippen LogP contribution in [-0.4, -0.2) is 37.0 Å². The lowest BCUT2D eigenvalue weighted by atomic mass is 10.1. The summed E-state index contributed by atoms with van der Waals surface area (Å²) < 4.78 is 5.26. The van der Waals surface area contributed by atoms with Gasteiger partial charge in [-0.3, -0.25) is 5.41 Å². The zero-order valence-corrected chi connectivity index (χ0v) is 10.9. The number of ether oxygens (including phenoxy) is 1. The van der Waals surface area contributed by atoms with Crippen LogP contribution in [-0.2, 0) is 11.2 Å². The Hall–Kier alpha value is -0.770. The van der Waals surface area contributed by atoms with Crippen molar-refractivity contribution in [2.24, 2.45) is 0 Å². The molecule has 92 valence electrons. The van der Waals surface area contributed by atoms with Crippen LogP contribution in [0.2, 0.25) is 10.0 Å². The molecule has 17 heavy (non-hydrogen) atoms. The van der Waals surface area contributed by atoms with Gasteiger partial charge in [0.1, 0.15) is 5.84 Å².